The van der Waals surface area contributed by atoms with Crippen molar-refractivity contribution in [2.24, 2.45) is 0 Å². The highest BCUT2D eigenvalue weighted by molar-refractivity contribution is 5.38. The maximum Gasteiger partial charge on any atom is 0.225 e. The summed E-state index contributed by atoms with van der Waals surface area (Å²) in [5.74, 6) is 0.758. The van der Waals surface area contributed by atoms with E-state index in [9.17, 15) is 0 Å². The molecular formula is C10H18N4O2. The van der Waals surface area contributed by atoms with Crippen LogP contribution in [0.25, 0.3) is 0 Å². The van der Waals surface area contributed by atoms with Gasteiger partial charge in [0.25, 0.3) is 0 Å². The molecule has 4 N–H and O–H groups in total. The molecule has 0 aromatic carbocycles. The quantitative estimate of drug-likeness (QED) is 0.738. The minimum Gasteiger partial charge on any atom is -0.475 e. The summed E-state index contributed by atoms with van der Waals surface area (Å²) in [5, 5.41) is 0. The summed E-state index contributed by atoms with van der Waals surface area (Å²) in [4.78, 5) is 7.61. The van der Waals surface area contributed by atoms with Crippen LogP contribution in [0.2, 0.25) is 0 Å². The average molecular weight is 226 g/mol. The zero-order valence-electron chi connectivity index (χ0n) is 9.86. The normalized spacial score (nSPS) is 11.4. The maximum absolute atomic E-state index is 5.49. The summed E-state index contributed by atoms with van der Waals surface area (Å²) >= 11 is 0. The molecule has 1 rings (SSSR count). The van der Waals surface area contributed by atoms with Crippen LogP contribution in [-0.2, 0) is 4.74 Å². The van der Waals surface area contributed by atoms with Crippen molar-refractivity contribution in [2.75, 3.05) is 24.7 Å². The van der Waals surface area contributed by atoms with E-state index in [1.54, 1.807) is 0 Å². The summed E-state index contributed by atoms with van der Waals surface area (Å²) in [6, 6.07) is 1.52. The lowest BCUT2D eigenvalue weighted by Gasteiger charge is -2.19. The first-order valence-corrected chi connectivity index (χ1v) is 5.03. The van der Waals surface area contributed by atoms with Crippen molar-refractivity contribution in [2.45, 2.75) is 26.4 Å². The highest BCUT2D eigenvalue weighted by Crippen LogP contribution is 2.12. The highest BCUT2D eigenvalue weighted by Gasteiger charge is 2.09. The summed E-state index contributed by atoms with van der Waals surface area (Å²) < 4.78 is 10.8. The van der Waals surface area contributed by atoms with Crippen LogP contribution in [0.3, 0.4) is 0 Å². The second-order valence-corrected chi connectivity index (χ2v) is 4.30. The molecule has 0 bridgehead atoms. The monoisotopic (exact) mass is 226 g/mol. The zero-order chi connectivity index (χ0) is 12.2. The molecule has 0 radical (unpaired) electrons. The Morgan fingerprint density at radius 1 is 1.19 bits per heavy atom. The number of hydrogen-bond donors (Lipinski definition) is 2. The molecule has 0 aliphatic rings. The minimum atomic E-state index is -0.174. The van der Waals surface area contributed by atoms with E-state index in [4.69, 9.17) is 20.9 Å². The molecule has 0 atom stereocenters. The third kappa shape index (κ3) is 4.79. The fourth-order valence-electron chi connectivity index (χ4n) is 1.03. The van der Waals surface area contributed by atoms with Gasteiger partial charge in [0.2, 0.25) is 11.8 Å². The van der Waals surface area contributed by atoms with E-state index in [0.717, 1.165) is 0 Å². The van der Waals surface area contributed by atoms with E-state index in [1.165, 1.54) is 6.07 Å². The lowest BCUT2D eigenvalue weighted by molar-refractivity contribution is -0.0168. The van der Waals surface area contributed by atoms with Crippen LogP contribution in [-0.4, -0.2) is 28.8 Å². The van der Waals surface area contributed by atoms with Gasteiger partial charge in [0.05, 0.1) is 12.2 Å². The average Bonchev–Trinajstić information content (AvgIpc) is 2.09. The van der Waals surface area contributed by atoms with Gasteiger partial charge in [-0.1, -0.05) is 0 Å². The van der Waals surface area contributed by atoms with E-state index in [1.807, 2.05) is 20.8 Å². The third-order valence-electron chi connectivity index (χ3n) is 1.61. The molecule has 0 saturated heterocycles. The Hall–Kier alpha value is -1.56. The number of anilines is 2. The Morgan fingerprint density at radius 2 is 1.88 bits per heavy atom. The predicted octanol–water partition coefficient (Wildman–Crippen LogP) is 0.835. The Balaban J connectivity index is 2.37. The van der Waals surface area contributed by atoms with E-state index in [0.29, 0.717) is 24.9 Å². The number of nitrogen functional groups attached to an aromatic ring is 2. The van der Waals surface area contributed by atoms with Crippen LogP contribution >= 0.6 is 0 Å². The van der Waals surface area contributed by atoms with Crippen LogP contribution in [0.4, 0.5) is 11.8 Å². The van der Waals surface area contributed by atoms with Crippen molar-refractivity contribution < 1.29 is 9.47 Å². The lowest BCUT2D eigenvalue weighted by Crippen LogP contribution is -2.22. The first kappa shape index (κ1) is 12.5. The fraction of sp³-hybridized carbons (Fsp3) is 0.600. The summed E-state index contributed by atoms with van der Waals surface area (Å²) in [5.41, 5.74) is 10.7. The second-order valence-electron chi connectivity index (χ2n) is 4.30. The standard InChI is InChI=1S/C10H18N4O2/c1-10(2,3)16-5-4-15-8-6-7(11)13-9(12)14-8/h6H,4-5H2,1-3H3,(H4,11,12,13,14). The van der Waals surface area contributed by atoms with E-state index in [2.05, 4.69) is 9.97 Å². The van der Waals surface area contributed by atoms with Crippen molar-refractivity contribution in [1.29, 1.82) is 0 Å². The molecule has 6 heteroatoms. The van der Waals surface area contributed by atoms with Crippen LogP contribution < -0.4 is 16.2 Å². The molecule has 0 fully saturated rings. The van der Waals surface area contributed by atoms with Crippen molar-refractivity contribution in [1.82, 2.24) is 9.97 Å². The van der Waals surface area contributed by atoms with Gasteiger partial charge in [0.15, 0.2) is 0 Å². The van der Waals surface area contributed by atoms with E-state index >= 15 is 0 Å². The van der Waals surface area contributed by atoms with Crippen LogP contribution in [0.15, 0.2) is 6.07 Å². The summed E-state index contributed by atoms with van der Waals surface area (Å²) in [6.45, 7) is 6.81. The molecule has 0 aliphatic carbocycles. The van der Waals surface area contributed by atoms with Crippen molar-refractivity contribution in [3.8, 4) is 5.88 Å². The van der Waals surface area contributed by atoms with Gasteiger partial charge in [-0.15, -0.1) is 0 Å². The smallest absolute Gasteiger partial charge is 0.225 e. The van der Waals surface area contributed by atoms with E-state index in [-0.39, 0.29) is 11.5 Å². The second kappa shape index (κ2) is 4.98. The van der Waals surface area contributed by atoms with Gasteiger partial charge in [-0.3, -0.25) is 0 Å². The summed E-state index contributed by atoms with van der Waals surface area (Å²) in [7, 11) is 0. The number of hydrogen-bond acceptors (Lipinski definition) is 6. The first-order chi connectivity index (χ1) is 7.37. The number of nitrogens with zero attached hydrogens (tertiary/aromatic N) is 2. The Labute approximate surface area is 95.0 Å². The van der Waals surface area contributed by atoms with Gasteiger partial charge >= 0.3 is 0 Å². The highest BCUT2D eigenvalue weighted by atomic mass is 16.5. The summed E-state index contributed by atoms with van der Waals surface area (Å²) in [6.07, 6.45) is 0. The zero-order valence-corrected chi connectivity index (χ0v) is 9.86. The molecule has 0 amide bonds. The molecule has 0 aliphatic heterocycles. The van der Waals surface area contributed by atoms with Crippen LogP contribution in [0.5, 0.6) is 5.88 Å². The topological polar surface area (TPSA) is 96.3 Å². The molecular weight excluding hydrogens is 208 g/mol. The van der Waals surface area contributed by atoms with Crippen LogP contribution in [0, 0.1) is 0 Å². The Bertz CT molecular complexity index is 329. The van der Waals surface area contributed by atoms with Gasteiger partial charge in [-0.05, 0) is 20.8 Å². The number of nitrogens with two attached hydrogens (primary N) is 2. The molecule has 6 nitrogen and oxygen atoms in total. The molecule has 16 heavy (non-hydrogen) atoms. The molecule has 0 saturated carbocycles. The molecule has 90 valence electrons. The molecule has 0 spiro atoms. The molecule has 0 unspecified atom stereocenters. The van der Waals surface area contributed by atoms with Crippen molar-refractivity contribution in [3.05, 3.63) is 6.07 Å². The van der Waals surface area contributed by atoms with Gasteiger partial charge in [-0.2, -0.15) is 9.97 Å². The van der Waals surface area contributed by atoms with Crippen molar-refractivity contribution >= 4 is 11.8 Å². The first-order valence-electron chi connectivity index (χ1n) is 5.03. The predicted molar refractivity (Wildman–Crippen MR) is 62.1 cm³/mol. The van der Waals surface area contributed by atoms with Crippen molar-refractivity contribution in [3.63, 3.8) is 0 Å². The van der Waals surface area contributed by atoms with Gasteiger partial charge in [0, 0.05) is 6.07 Å². The van der Waals surface area contributed by atoms with Gasteiger partial charge in [-0.25, -0.2) is 0 Å². The number of rotatable bonds is 4. The van der Waals surface area contributed by atoms with E-state index < -0.39 is 0 Å². The molecule has 1 heterocycles. The SMILES string of the molecule is CC(C)(C)OCCOc1cc(N)nc(N)n1. The third-order valence-corrected chi connectivity index (χ3v) is 1.61. The minimum absolute atomic E-state index is 0.103. The largest absolute Gasteiger partial charge is 0.475 e. The Morgan fingerprint density at radius 3 is 2.44 bits per heavy atom. The van der Waals surface area contributed by atoms with Crippen LogP contribution in [0.1, 0.15) is 20.8 Å². The van der Waals surface area contributed by atoms with Gasteiger partial charge in [0.1, 0.15) is 12.4 Å². The number of aromatic nitrogens is 2. The Kier molecular flexibility index (Phi) is 3.89. The molecule has 1 aromatic rings. The van der Waals surface area contributed by atoms with Gasteiger partial charge < -0.3 is 20.9 Å². The fourth-order valence-corrected chi connectivity index (χ4v) is 1.03. The number of ether oxygens (including phenoxy) is 2. The lowest BCUT2D eigenvalue weighted by atomic mass is 10.2. The maximum atomic E-state index is 5.49. The molecule has 1 aromatic heterocycles.